The molecule has 0 aliphatic carbocycles. The average Bonchev–Trinajstić information content (AvgIpc) is 2.65. The Kier molecular flexibility index (Phi) is 5.07. The molecule has 6 nitrogen and oxygen atoms in total. The highest BCUT2D eigenvalue weighted by Crippen LogP contribution is 2.23. The first-order valence-electron chi connectivity index (χ1n) is 8.62. The van der Waals surface area contributed by atoms with Gasteiger partial charge < -0.3 is 10.2 Å². The average molecular weight is 336 g/mol. The van der Waals surface area contributed by atoms with Crippen molar-refractivity contribution in [3.05, 3.63) is 47.9 Å². The lowest BCUT2D eigenvalue weighted by molar-refractivity contribution is 0.731. The molecule has 3 heterocycles. The van der Waals surface area contributed by atoms with E-state index in [1.54, 1.807) is 6.20 Å². The van der Waals surface area contributed by atoms with E-state index >= 15 is 0 Å². The molecular weight excluding hydrogens is 312 g/mol. The Morgan fingerprint density at radius 3 is 2.60 bits per heavy atom. The Labute approximate surface area is 148 Å². The minimum atomic E-state index is 0.305. The molecule has 6 heteroatoms. The van der Waals surface area contributed by atoms with Crippen LogP contribution in [0.25, 0.3) is 11.0 Å². The molecular formula is C19H24N6. The zero-order chi connectivity index (χ0) is 17.8. The number of rotatable bonds is 6. The minimum Gasteiger partial charge on any atom is -0.365 e. The maximum atomic E-state index is 4.74. The van der Waals surface area contributed by atoms with Crippen molar-refractivity contribution in [2.75, 3.05) is 17.3 Å². The van der Waals surface area contributed by atoms with Gasteiger partial charge in [-0.1, -0.05) is 13.0 Å². The molecule has 25 heavy (non-hydrogen) atoms. The van der Waals surface area contributed by atoms with Crippen LogP contribution in [-0.4, -0.2) is 33.0 Å². The Balaban J connectivity index is 1.96. The summed E-state index contributed by atoms with van der Waals surface area (Å²) in [6, 6.07) is 8.27. The van der Waals surface area contributed by atoms with E-state index < -0.39 is 0 Å². The molecule has 0 atom stereocenters. The topological polar surface area (TPSA) is 66.8 Å². The van der Waals surface area contributed by atoms with Crippen molar-refractivity contribution in [1.82, 2.24) is 19.9 Å². The van der Waals surface area contributed by atoms with E-state index in [0.717, 1.165) is 23.3 Å². The normalized spacial score (nSPS) is 11.1. The SMILES string of the molecule is CCc1ncccc1CNc1nc(N(C)C(C)C)nc2ncccc12. The fraction of sp³-hybridized carbons (Fsp3) is 0.368. The molecule has 3 rings (SSSR count). The van der Waals surface area contributed by atoms with E-state index in [1.807, 2.05) is 36.3 Å². The first-order chi connectivity index (χ1) is 12.1. The summed E-state index contributed by atoms with van der Waals surface area (Å²) in [6.45, 7) is 7.01. The van der Waals surface area contributed by atoms with E-state index in [2.05, 4.69) is 47.1 Å². The summed E-state index contributed by atoms with van der Waals surface area (Å²) in [6.07, 6.45) is 4.50. The first kappa shape index (κ1) is 17.1. The van der Waals surface area contributed by atoms with Crippen molar-refractivity contribution < 1.29 is 0 Å². The van der Waals surface area contributed by atoms with Crippen LogP contribution < -0.4 is 10.2 Å². The van der Waals surface area contributed by atoms with Gasteiger partial charge in [-0.05, 0) is 44.0 Å². The van der Waals surface area contributed by atoms with Crippen LogP contribution in [0.4, 0.5) is 11.8 Å². The lowest BCUT2D eigenvalue weighted by atomic mass is 10.1. The highest BCUT2D eigenvalue weighted by molar-refractivity contribution is 5.87. The Bertz CT molecular complexity index is 861. The second-order valence-corrected chi connectivity index (χ2v) is 6.27. The second kappa shape index (κ2) is 7.42. The highest BCUT2D eigenvalue weighted by Gasteiger charge is 2.14. The fourth-order valence-electron chi connectivity index (χ4n) is 2.60. The molecule has 0 amide bonds. The number of aryl methyl sites for hydroxylation is 1. The lowest BCUT2D eigenvalue weighted by Crippen LogP contribution is -2.28. The summed E-state index contributed by atoms with van der Waals surface area (Å²) in [5.41, 5.74) is 2.98. The summed E-state index contributed by atoms with van der Waals surface area (Å²) in [5, 5.41) is 4.38. The van der Waals surface area contributed by atoms with Gasteiger partial charge in [0.25, 0.3) is 0 Å². The number of hydrogen-bond acceptors (Lipinski definition) is 6. The molecule has 0 aliphatic heterocycles. The molecule has 0 saturated heterocycles. The maximum absolute atomic E-state index is 4.74. The number of pyridine rings is 2. The summed E-state index contributed by atoms with van der Waals surface area (Å²) in [5.74, 6) is 1.47. The molecule has 0 fully saturated rings. The summed E-state index contributed by atoms with van der Waals surface area (Å²) in [7, 11) is 1.99. The number of aromatic nitrogens is 4. The predicted octanol–water partition coefficient (Wildman–Crippen LogP) is 3.44. The van der Waals surface area contributed by atoms with Gasteiger partial charge >= 0.3 is 0 Å². The summed E-state index contributed by atoms with van der Waals surface area (Å²) >= 11 is 0. The van der Waals surface area contributed by atoms with Crippen LogP contribution in [0.3, 0.4) is 0 Å². The molecule has 0 aliphatic rings. The Morgan fingerprint density at radius 2 is 1.84 bits per heavy atom. The quantitative estimate of drug-likeness (QED) is 0.744. The number of anilines is 2. The summed E-state index contributed by atoms with van der Waals surface area (Å²) in [4.78, 5) is 20.2. The number of fused-ring (bicyclic) bond motifs is 1. The van der Waals surface area contributed by atoms with Crippen LogP contribution in [0.1, 0.15) is 32.0 Å². The lowest BCUT2D eigenvalue weighted by Gasteiger charge is -2.22. The van der Waals surface area contributed by atoms with Crippen molar-refractivity contribution in [3.8, 4) is 0 Å². The Hall–Kier alpha value is -2.76. The number of nitrogens with zero attached hydrogens (tertiary/aromatic N) is 5. The van der Waals surface area contributed by atoms with Crippen molar-refractivity contribution >= 4 is 22.8 Å². The summed E-state index contributed by atoms with van der Waals surface area (Å²) < 4.78 is 0. The van der Waals surface area contributed by atoms with Gasteiger partial charge in [-0.3, -0.25) is 4.98 Å². The van der Waals surface area contributed by atoms with Crippen LogP contribution in [-0.2, 0) is 13.0 Å². The van der Waals surface area contributed by atoms with Crippen molar-refractivity contribution in [3.63, 3.8) is 0 Å². The van der Waals surface area contributed by atoms with E-state index in [0.29, 0.717) is 24.2 Å². The zero-order valence-corrected chi connectivity index (χ0v) is 15.2. The smallest absolute Gasteiger partial charge is 0.229 e. The van der Waals surface area contributed by atoms with Gasteiger partial charge in [0.15, 0.2) is 5.65 Å². The van der Waals surface area contributed by atoms with E-state index in [4.69, 9.17) is 4.98 Å². The molecule has 3 aromatic heterocycles. The maximum Gasteiger partial charge on any atom is 0.229 e. The van der Waals surface area contributed by atoms with Gasteiger partial charge in [0.1, 0.15) is 5.82 Å². The van der Waals surface area contributed by atoms with Gasteiger partial charge in [0.2, 0.25) is 5.95 Å². The third kappa shape index (κ3) is 3.68. The van der Waals surface area contributed by atoms with Crippen LogP contribution in [0, 0.1) is 0 Å². The van der Waals surface area contributed by atoms with E-state index in [9.17, 15) is 0 Å². The fourth-order valence-corrected chi connectivity index (χ4v) is 2.60. The van der Waals surface area contributed by atoms with Crippen molar-refractivity contribution in [2.45, 2.75) is 39.8 Å². The van der Waals surface area contributed by atoms with Gasteiger partial charge in [-0.25, -0.2) is 4.98 Å². The van der Waals surface area contributed by atoms with Crippen LogP contribution >= 0.6 is 0 Å². The largest absolute Gasteiger partial charge is 0.365 e. The van der Waals surface area contributed by atoms with Crippen LogP contribution in [0.2, 0.25) is 0 Å². The first-order valence-corrected chi connectivity index (χ1v) is 8.62. The molecule has 0 spiro atoms. The van der Waals surface area contributed by atoms with Crippen molar-refractivity contribution in [1.29, 1.82) is 0 Å². The molecule has 3 aromatic rings. The molecule has 1 N–H and O–H groups in total. The number of nitrogens with one attached hydrogen (secondary N) is 1. The molecule has 0 radical (unpaired) electrons. The van der Waals surface area contributed by atoms with Gasteiger partial charge in [-0.15, -0.1) is 0 Å². The molecule has 0 saturated carbocycles. The zero-order valence-electron chi connectivity index (χ0n) is 15.2. The Morgan fingerprint density at radius 1 is 1.08 bits per heavy atom. The molecule has 0 bridgehead atoms. The van der Waals surface area contributed by atoms with E-state index in [-0.39, 0.29) is 0 Å². The predicted molar refractivity (Wildman–Crippen MR) is 102 cm³/mol. The standard InChI is InChI=1S/C19H24N6/c1-5-16-14(8-6-10-20-16)12-22-18-15-9-7-11-21-17(15)23-19(24-18)25(4)13(2)3/h6-11,13H,5,12H2,1-4H3,(H,21,22,23,24). The third-order valence-electron chi connectivity index (χ3n) is 4.32. The van der Waals surface area contributed by atoms with Crippen LogP contribution in [0.5, 0.6) is 0 Å². The van der Waals surface area contributed by atoms with Gasteiger partial charge in [-0.2, -0.15) is 9.97 Å². The minimum absolute atomic E-state index is 0.305. The van der Waals surface area contributed by atoms with Crippen molar-refractivity contribution in [2.24, 2.45) is 0 Å². The monoisotopic (exact) mass is 336 g/mol. The third-order valence-corrected chi connectivity index (χ3v) is 4.32. The van der Waals surface area contributed by atoms with Gasteiger partial charge in [0, 0.05) is 37.7 Å². The molecule has 130 valence electrons. The highest BCUT2D eigenvalue weighted by atomic mass is 15.3. The molecule has 0 unspecified atom stereocenters. The van der Waals surface area contributed by atoms with Crippen LogP contribution in [0.15, 0.2) is 36.7 Å². The number of hydrogen-bond donors (Lipinski definition) is 1. The van der Waals surface area contributed by atoms with Gasteiger partial charge in [0.05, 0.1) is 5.39 Å². The second-order valence-electron chi connectivity index (χ2n) is 6.27. The molecule has 0 aromatic carbocycles. The van der Waals surface area contributed by atoms with E-state index in [1.165, 1.54) is 5.56 Å².